The molecule has 0 bridgehead atoms. The Labute approximate surface area is 171 Å². The highest BCUT2D eigenvalue weighted by molar-refractivity contribution is 5.92. The quantitative estimate of drug-likeness (QED) is 0.526. The first-order valence-corrected chi connectivity index (χ1v) is 9.61. The van der Waals surface area contributed by atoms with Gasteiger partial charge >= 0.3 is 0 Å². The molecule has 0 N–H and O–H groups in total. The summed E-state index contributed by atoms with van der Waals surface area (Å²) in [5.74, 6) is -0.00228. The van der Waals surface area contributed by atoms with Gasteiger partial charge in [-0.2, -0.15) is 0 Å². The maximum absolute atomic E-state index is 13.6. The number of rotatable bonds is 3. The average Bonchev–Trinajstić information content (AvgIpc) is 3.23. The summed E-state index contributed by atoms with van der Waals surface area (Å²) >= 11 is 0. The molecule has 30 heavy (non-hydrogen) atoms. The molecule has 1 fully saturated rings. The van der Waals surface area contributed by atoms with Gasteiger partial charge in [0, 0.05) is 30.7 Å². The van der Waals surface area contributed by atoms with E-state index in [0.717, 1.165) is 0 Å². The van der Waals surface area contributed by atoms with Gasteiger partial charge in [0.05, 0.1) is 24.5 Å². The molecule has 3 aromatic heterocycles. The van der Waals surface area contributed by atoms with Crippen LogP contribution >= 0.6 is 0 Å². The summed E-state index contributed by atoms with van der Waals surface area (Å²) in [6, 6.07) is 13.6. The van der Waals surface area contributed by atoms with E-state index in [9.17, 15) is 9.18 Å². The molecule has 1 aliphatic heterocycles. The van der Waals surface area contributed by atoms with E-state index in [1.54, 1.807) is 40.0 Å². The topological polar surface area (TPSA) is 72.6 Å². The molecule has 0 saturated carbocycles. The van der Waals surface area contributed by atoms with E-state index in [0.29, 0.717) is 48.1 Å². The molecule has 0 aliphatic carbocycles. The van der Waals surface area contributed by atoms with Crippen molar-refractivity contribution >= 4 is 11.7 Å². The summed E-state index contributed by atoms with van der Waals surface area (Å²) in [5.41, 5.74) is 2.39. The van der Waals surface area contributed by atoms with Crippen LogP contribution in [0.4, 0.5) is 4.39 Å². The van der Waals surface area contributed by atoms with Gasteiger partial charge in [0.25, 0.3) is 5.91 Å². The van der Waals surface area contributed by atoms with E-state index in [1.165, 1.54) is 12.1 Å². The lowest BCUT2D eigenvalue weighted by molar-refractivity contribution is -0.0248. The number of nitrogens with zero attached hydrogens (tertiary/aromatic N) is 5. The highest BCUT2D eigenvalue weighted by Crippen LogP contribution is 2.25. The second kappa shape index (κ2) is 7.64. The van der Waals surface area contributed by atoms with Gasteiger partial charge in [-0.25, -0.2) is 19.3 Å². The second-order valence-electron chi connectivity index (χ2n) is 7.02. The normalized spacial score (nSPS) is 16.7. The molecule has 0 unspecified atom stereocenters. The number of halogens is 1. The average molecular weight is 403 g/mol. The Morgan fingerprint density at radius 2 is 2.03 bits per heavy atom. The van der Waals surface area contributed by atoms with Gasteiger partial charge in [-0.05, 0) is 30.3 Å². The number of carbonyl (C=O) groups is 1. The Morgan fingerprint density at radius 1 is 1.13 bits per heavy atom. The van der Waals surface area contributed by atoms with Gasteiger partial charge in [-0.15, -0.1) is 0 Å². The molecule has 4 aromatic rings. The van der Waals surface area contributed by atoms with Gasteiger partial charge in [0.2, 0.25) is 5.78 Å². The van der Waals surface area contributed by atoms with E-state index >= 15 is 0 Å². The fraction of sp³-hybridized carbons (Fsp3) is 0.182. The number of hydrogen-bond donors (Lipinski definition) is 0. The third kappa shape index (κ3) is 3.53. The Kier molecular flexibility index (Phi) is 4.68. The highest BCUT2D eigenvalue weighted by atomic mass is 19.1. The number of amides is 1. The summed E-state index contributed by atoms with van der Waals surface area (Å²) in [6.07, 6.45) is 4.75. The SMILES string of the molecule is O=C(c1cn2cccnc2n1)N1CCO[C@@H](c2cccc(-c3cccc(F)c3)n2)C1. The lowest BCUT2D eigenvalue weighted by Gasteiger charge is -2.32. The zero-order chi connectivity index (χ0) is 20.5. The minimum Gasteiger partial charge on any atom is -0.368 e. The van der Waals surface area contributed by atoms with E-state index in [1.807, 2.05) is 24.3 Å². The van der Waals surface area contributed by atoms with Gasteiger partial charge in [-0.3, -0.25) is 9.20 Å². The smallest absolute Gasteiger partial charge is 0.274 e. The van der Waals surface area contributed by atoms with Crippen LogP contribution in [0.2, 0.25) is 0 Å². The molecule has 1 amide bonds. The molecular weight excluding hydrogens is 385 g/mol. The molecule has 0 spiro atoms. The Morgan fingerprint density at radius 3 is 2.90 bits per heavy atom. The lowest BCUT2D eigenvalue weighted by atomic mass is 10.1. The molecule has 1 aromatic carbocycles. The van der Waals surface area contributed by atoms with Crippen molar-refractivity contribution in [2.75, 3.05) is 19.7 Å². The van der Waals surface area contributed by atoms with Crippen molar-refractivity contribution < 1.29 is 13.9 Å². The Balaban J connectivity index is 1.37. The fourth-order valence-corrected chi connectivity index (χ4v) is 3.55. The van der Waals surface area contributed by atoms with Crippen molar-refractivity contribution in [1.29, 1.82) is 0 Å². The number of morpholine rings is 1. The van der Waals surface area contributed by atoms with Crippen LogP contribution in [-0.2, 0) is 4.74 Å². The molecule has 150 valence electrons. The third-order valence-electron chi connectivity index (χ3n) is 5.03. The Hall–Kier alpha value is -3.65. The number of aromatic nitrogens is 4. The predicted molar refractivity (Wildman–Crippen MR) is 107 cm³/mol. The molecule has 4 heterocycles. The monoisotopic (exact) mass is 403 g/mol. The largest absolute Gasteiger partial charge is 0.368 e. The second-order valence-corrected chi connectivity index (χ2v) is 7.02. The zero-order valence-electron chi connectivity index (χ0n) is 16.0. The van der Waals surface area contributed by atoms with Crippen molar-refractivity contribution in [2.45, 2.75) is 6.10 Å². The molecule has 0 radical (unpaired) electrons. The molecule has 1 aliphatic rings. The van der Waals surface area contributed by atoms with Crippen LogP contribution in [0.5, 0.6) is 0 Å². The lowest BCUT2D eigenvalue weighted by Crippen LogP contribution is -2.42. The van der Waals surface area contributed by atoms with Gasteiger partial charge in [-0.1, -0.05) is 18.2 Å². The Bertz CT molecular complexity index is 1190. The molecule has 1 atom stereocenters. The van der Waals surface area contributed by atoms with Gasteiger partial charge < -0.3 is 9.64 Å². The van der Waals surface area contributed by atoms with E-state index < -0.39 is 0 Å². The first-order valence-electron chi connectivity index (χ1n) is 9.61. The van der Waals surface area contributed by atoms with E-state index in [2.05, 4.69) is 15.0 Å². The highest BCUT2D eigenvalue weighted by Gasteiger charge is 2.28. The first kappa shape index (κ1) is 18.4. The zero-order valence-corrected chi connectivity index (χ0v) is 16.0. The predicted octanol–water partition coefficient (Wildman–Crippen LogP) is 3.14. The van der Waals surface area contributed by atoms with Crippen LogP contribution in [0.25, 0.3) is 17.0 Å². The minimum absolute atomic E-state index is 0.171. The van der Waals surface area contributed by atoms with Crippen LogP contribution < -0.4 is 0 Å². The van der Waals surface area contributed by atoms with Crippen LogP contribution in [0.15, 0.2) is 67.1 Å². The van der Waals surface area contributed by atoms with E-state index in [-0.39, 0.29) is 17.8 Å². The van der Waals surface area contributed by atoms with Crippen LogP contribution in [0, 0.1) is 5.82 Å². The maximum atomic E-state index is 13.6. The summed E-state index contributed by atoms with van der Waals surface area (Å²) in [4.78, 5) is 27.8. The van der Waals surface area contributed by atoms with Crippen LogP contribution in [0.1, 0.15) is 22.3 Å². The summed E-state index contributed by atoms with van der Waals surface area (Å²) in [5, 5.41) is 0. The fourth-order valence-electron chi connectivity index (χ4n) is 3.55. The number of imidazole rings is 1. The van der Waals surface area contributed by atoms with Gasteiger partial charge in [0.1, 0.15) is 17.6 Å². The molecule has 5 rings (SSSR count). The van der Waals surface area contributed by atoms with Gasteiger partial charge in [0.15, 0.2) is 0 Å². The number of benzene rings is 1. The van der Waals surface area contributed by atoms with E-state index in [4.69, 9.17) is 4.74 Å². The standard InChI is InChI=1S/C22H18FN5O2/c23-16-5-1-4-15(12-16)17-6-2-7-18(25-17)20-14-27(10-11-30-20)21(29)19-13-28-9-3-8-24-22(28)26-19/h1-9,12-13,20H,10-11,14H2/t20-/m1/s1. The number of ether oxygens (including phenoxy) is 1. The minimum atomic E-state index is -0.369. The van der Waals surface area contributed by atoms with Crippen LogP contribution in [-0.4, -0.2) is 49.9 Å². The molecule has 7 nitrogen and oxygen atoms in total. The van der Waals surface area contributed by atoms with Crippen molar-refractivity contribution in [3.63, 3.8) is 0 Å². The summed E-state index contributed by atoms with van der Waals surface area (Å²) in [6.45, 7) is 1.23. The van der Waals surface area contributed by atoms with Crippen molar-refractivity contribution in [3.8, 4) is 11.3 Å². The van der Waals surface area contributed by atoms with Crippen molar-refractivity contribution in [1.82, 2.24) is 24.3 Å². The van der Waals surface area contributed by atoms with Crippen molar-refractivity contribution in [3.05, 3.63) is 84.3 Å². The third-order valence-corrected chi connectivity index (χ3v) is 5.03. The molecule has 8 heteroatoms. The first-order chi connectivity index (χ1) is 14.7. The maximum Gasteiger partial charge on any atom is 0.274 e. The van der Waals surface area contributed by atoms with Crippen molar-refractivity contribution in [2.24, 2.45) is 0 Å². The number of fused-ring (bicyclic) bond motifs is 1. The van der Waals surface area contributed by atoms with Crippen LogP contribution in [0.3, 0.4) is 0 Å². The number of hydrogen-bond acceptors (Lipinski definition) is 5. The summed E-state index contributed by atoms with van der Waals surface area (Å²) < 4.78 is 21.2. The number of carbonyl (C=O) groups excluding carboxylic acids is 1. The molecule has 1 saturated heterocycles. The molecular formula is C22H18FN5O2. The number of pyridine rings is 1. The summed E-state index contributed by atoms with van der Waals surface area (Å²) in [7, 11) is 0.